The molecule has 0 aliphatic rings. The zero-order valence-electron chi connectivity index (χ0n) is 8.86. The van der Waals surface area contributed by atoms with Gasteiger partial charge in [0.25, 0.3) is 0 Å². The summed E-state index contributed by atoms with van der Waals surface area (Å²) in [5.74, 6) is 0.257. The van der Waals surface area contributed by atoms with E-state index in [2.05, 4.69) is 0 Å². The third-order valence-corrected chi connectivity index (χ3v) is 1.82. The van der Waals surface area contributed by atoms with Gasteiger partial charge in [0, 0.05) is 14.1 Å². The number of likely N-dealkylation sites (N-methyl/N-ethyl adjacent to an activating group) is 1. The minimum Gasteiger partial charge on any atom is -0.485 e. The topological polar surface area (TPSA) is 53.4 Å². The first-order valence-corrected chi connectivity index (χ1v) is 4.58. The number of nitrogens with one attached hydrogen (secondary N) is 1. The Hall–Kier alpha value is -1.84. The summed E-state index contributed by atoms with van der Waals surface area (Å²) in [6.45, 7) is -0.0962. The lowest BCUT2D eigenvalue weighted by atomic mass is 10.3. The van der Waals surface area contributed by atoms with Crippen LogP contribution in [-0.4, -0.2) is 37.2 Å². The molecule has 80 valence electrons. The van der Waals surface area contributed by atoms with Gasteiger partial charge in [-0.15, -0.1) is 0 Å². The number of rotatable bonds is 4. The van der Waals surface area contributed by atoms with Crippen molar-refractivity contribution in [1.29, 1.82) is 5.41 Å². The summed E-state index contributed by atoms with van der Waals surface area (Å²) in [6.07, 6.45) is 0. The molecule has 0 unspecified atom stereocenters. The standard InChI is InChI=1S/C11H14N2O2/c1-13(2)11(12)10(14)8-15-9-6-4-3-5-7-9/h3-7,12H,8H2,1-2H3. The van der Waals surface area contributed by atoms with Crippen molar-refractivity contribution >= 4 is 11.6 Å². The Morgan fingerprint density at radius 3 is 2.47 bits per heavy atom. The highest BCUT2D eigenvalue weighted by atomic mass is 16.5. The number of para-hydroxylation sites is 1. The number of ether oxygens (including phenoxy) is 1. The van der Waals surface area contributed by atoms with Crippen molar-refractivity contribution in [2.24, 2.45) is 0 Å². The van der Waals surface area contributed by atoms with E-state index in [-0.39, 0.29) is 18.2 Å². The van der Waals surface area contributed by atoms with Gasteiger partial charge in [0.15, 0.2) is 12.4 Å². The summed E-state index contributed by atoms with van der Waals surface area (Å²) in [5.41, 5.74) is 0. The van der Waals surface area contributed by atoms with Crippen LogP contribution in [0.2, 0.25) is 0 Å². The molecule has 0 heterocycles. The Balaban J connectivity index is 2.45. The van der Waals surface area contributed by atoms with Crippen LogP contribution in [0.5, 0.6) is 5.75 Å². The van der Waals surface area contributed by atoms with Gasteiger partial charge in [-0.2, -0.15) is 0 Å². The minimum atomic E-state index is -0.330. The molecule has 0 atom stereocenters. The van der Waals surface area contributed by atoms with Crippen LogP contribution in [0.1, 0.15) is 0 Å². The predicted octanol–water partition coefficient (Wildman–Crippen LogP) is 1.17. The molecule has 1 N–H and O–H groups in total. The van der Waals surface area contributed by atoms with Crippen LogP contribution >= 0.6 is 0 Å². The lowest BCUT2D eigenvalue weighted by molar-refractivity contribution is -0.115. The smallest absolute Gasteiger partial charge is 0.234 e. The Morgan fingerprint density at radius 1 is 1.33 bits per heavy atom. The number of hydrogen-bond acceptors (Lipinski definition) is 3. The molecule has 0 aliphatic heterocycles. The number of amidine groups is 1. The molecule has 4 nitrogen and oxygen atoms in total. The third kappa shape index (κ3) is 3.42. The van der Waals surface area contributed by atoms with E-state index in [1.54, 1.807) is 26.2 Å². The predicted molar refractivity (Wildman–Crippen MR) is 58.4 cm³/mol. The van der Waals surface area contributed by atoms with E-state index in [4.69, 9.17) is 10.1 Å². The second kappa shape index (κ2) is 5.14. The summed E-state index contributed by atoms with van der Waals surface area (Å²) < 4.78 is 5.22. The largest absolute Gasteiger partial charge is 0.485 e. The van der Waals surface area contributed by atoms with Crippen LogP contribution in [0.3, 0.4) is 0 Å². The normalized spacial score (nSPS) is 9.47. The first-order chi connectivity index (χ1) is 7.11. The Morgan fingerprint density at radius 2 is 1.93 bits per heavy atom. The summed E-state index contributed by atoms with van der Waals surface area (Å²) in [7, 11) is 3.31. The molecule has 0 aromatic heterocycles. The number of benzene rings is 1. The van der Waals surface area contributed by atoms with E-state index in [1.165, 1.54) is 4.90 Å². The van der Waals surface area contributed by atoms with Gasteiger partial charge in [0.2, 0.25) is 5.78 Å². The molecule has 0 saturated carbocycles. The molecule has 4 heteroatoms. The second-order valence-corrected chi connectivity index (χ2v) is 3.27. The van der Waals surface area contributed by atoms with Crippen LogP contribution in [0, 0.1) is 5.41 Å². The van der Waals surface area contributed by atoms with Gasteiger partial charge in [0.1, 0.15) is 5.75 Å². The van der Waals surface area contributed by atoms with Crippen molar-refractivity contribution < 1.29 is 9.53 Å². The number of ketones is 1. The van der Waals surface area contributed by atoms with Gasteiger partial charge < -0.3 is 9.64 Å². The van der Waals surface area contributed by atoms with Gasteiger partial charge in [0.05, 0.1) is 0 Å². The van der Waals surface area contributed by atoms with Gasteiger partial charge in [-0.1, -0.05) is 18.2 Å². The molecule has 0 amide bonds. The highest BCUT2D eigenvalue weighted by Gasteiger charge is 2.11. The van der Waals surface area contributed by atoms with Crippen LogP contribution < -0.4 is 4.74 Å². The van der Waals surface area contributed by atoms with Gasteiger partial charge in [-0.05, 0) is 12.1 Å². The first kappa shape index (κ1) is 11.2. The van der Waals surface area contributed by atoms with Crippen LogP contribution in [0.4, 0.5) is 0 Å². The SMILES string of the molecule is CN(C)C(=N)C(=O)COc1ccccc1. The van der Waals surface area contributed by atoms with Gasteiger partial charge in [-0.25, -0.2) is 0 Å². The van der Waals surface area contributed by atoms with Gasteiger partial charge >= 0.3 is 0 Å². The van der Waals surface area contributed by atoms with Crippen LogP contribution in [-0.2, 0) is 4.79 Å². The van der Waals surface area contributed by atoms with E-state index < -0.39 is 0 Å². The minimum absolute atomic E-state index is 0.0501. The Labute approximate surface area is 89.0 Å². The fourth-order valence-electron chi connectivity index (χ4n) is 0.983. The van der Waals surface area contributed by atoms with E-state index in [0.717, 1.165) is 0 Å². The fraction of sp³-hybridized carbons (Fsp3) is 0.273. The van der Waals surface area contributed by atoms with E-state index in [0.29, 0.717) is 5.75 Å². The lowest BCUT2D eigenvalue weighted by Crippen LogP contribution is -2.32. The number of carbonyl (C=O) groups is 1. The van der Waals surface area contributed by atoms with E-state index in [9.17, 15) is 4.79 Å². The summed E-state index contributed by atoms with van der Waals surface area (Å²) >= 11 is 0. The zero-order valence-corrected chi connectivity index (χ0v) is 8.86. The Kier molecular flexibility index (Phi) is 3.85. The van der Waals surface area contributed by atoms with Crippen LogP contribution in [0.15, 0.2) is 30.3 Å². The molecule has 0 aliphatic carbocycles. The molecule has 0 bridgehead atoms. The fourth-order valence-corrected chi connectivity index (χ4v) is 0.983. The van der Waals surface area contributed by atoms with Crippen molar-refractivity contribution in [1.82, 2.24) is 4.90 Å². The molecular weight excluding hydrogens is 192 g/mol. The number of Topliss-reactive ketones (excluding diaryl/α,β-unsaturated/α-hetero) is 1. The lowest BCUT2D eigenvalue weighted by Gasteiger charge is -2.12. The molecule has 15 heavy (non-hydrogen) atoms. The molecule has 0 radical (unpaired) electrons. The molecule has 0 spiro atoms. The van der Waals surface area contributed by atoms with Crippen LogP contribution in [0.25, 0.3) is 0 Å². The number of hydrogen-bond donors (Lipinski definition) is 1. The average Bonchev–Trinajstić information content (AvgIpc) is 2.26. The first-order valence-electron chi connectivity index (χ1n) is 4.58. The molecule has 1 rings (SSSR count). The summed E-state index contributed by atoms with van der Waals surface area (Å²) in [5, 5.41) is 7.41. The second-order valence-electron chi connectivity index (χ2n) is 3.27. The molecule has 1 aromatic carbocycles. The molecule has 1 aromatic rings. The number of carbonyl (C=O) groups excluding carboxylic acids is 1. The third-order valence-electron chi connectivity index (χ3n) is 1.82. The zero-order chi connectivity index (χ0) is 11.3. The molecule has 0 saturated heterocycles. The maximum atomic E-state index is 11.4. The summed E-state index contributed by atoms with van der Waals surface area (Å²) in [6, 6.07) is 9.07. The maximum Gasteiger partial charge on any atom is 0.234 e. The highest BCUT2D eigenvalue weighted by Crippen LogP contribution is 2.07. The Bertz CT molecular complexity index is 347. The average molecular weight is 206 g/mol. The van der Waals surface area contributed by atoms with Crippen molar-refractivity contribution in [3.63, 3.8) is 0 Å². The maximum absolute atomic E-state index is 11.4. The summed E-state index contributed by atoms with van der Waals surface area (Å²) in [4.78, 5) is 12.8. The van der Waals surface area contributed by atoms with Crippen molar-refractivity contribution in [3.05, 3.63) is 30.3 Å². The monoisotopic (exact) mass is 206 g/mol. The molecule has 0 fully saturated rings. The highest BCUT2D eigenvalue weighted by molar-refractivity contribution is 6.37. The van der Waals surface area contributed by atoms with Crippen molar-refractivity contribution in [2.75, 3.05) is 20.7 Å². The van der Waals surface area contributed by atoms with E-state index in [1.807, 2.05) is 18.2 Å². The van der Waals surface area contributed by atoms with Crippen molar-refractivity contribution in [2.45, 2.75) is 0 Å². The van der Waals surface area contributed by atoms with Crippen molar-refractivity contribution in [3.8, 4) is 5.75 Å². The van der Waals surface area contributed by atoms with Gasteiger partial charge in [-0.3, -0.25) is 10.2 Å². The molecular formula is C11H14N2O2. The quantitative estimate of drug-likeness (QED) is 0.594. The van der Waals surface area contributed by atoms with E-state index >= 15 is 0 Å². The number of nitrogens with zero attached hydrogens (tertiary/aromatic N) is 1.